The molecule has 0 N–H and O–H groups in total. The number of hydrogen-bond donors (Lipinski definition) is 0. The number of benzene rings is 2. The van der Waals surface area contributed by atoms with Crippen molar-refractivity contribution in [3.63, 3.8) is 0 Å². The molecule has 0 spiro atoms. The third kappa shape index (κ3) is 5.24. The molecule has 0 saturated carbocycles. The Morgan fingerprint density at radius 1 is 0.867 bits per heavy atom. The zero-order chi connectivity index (χ0) is 21.9. The van der Waals surface area contributed by atoms with Gasteiger partial charge in [-0.05, 0) is 70.0 Å². The first-order valence-electron chi connectivity index (χ1n) is 9.44. The topological polar surface area (TPSA) is 81.2 Å². The molecule has 3 aromatic rings. The normalized spacial score (nSPS) is 12.8. The van der Waals surface area contributed by atoms with Gasteiger partial charge in [-0.25, -0.2) is 4.99 Å². The Balaban J connectivity index is 1.84. The largest absolute Gasteiger partial charge is 0.454 e. The van der Waals surface area contributed by atoms with Gasteiger partial charge in [-0.3, -0.25) is 0 Å². The summed E-state index contributed by atoms with van der Waals surface area (Å²) >= 11 is 0. The Kier molecular flexibility index (Phi) is 6.22. The van der Waals surface area contributed by atoms with Crippen LogP contribution in [0, 0.1) is 20.8 Å². The van der Waals surface area contributed by atoms with E-state index in [2.05, 4.69) is 23.5 Å². The highest BCUT2D eigenvalue weighted by Crippen LogP contribution is 2.26. The van der Waals surface area contributed by atoms with Gasteiger partial charge in [-0.2, -0.15) is 8.42 Å². The van der Waals surface area contributed by atoms with Crippen LogP contribution in [0.4, 0.5) is 5.69 Å². The lowest BCUT2D eigenvalue weighted by Crippen LogP contribution is -2.09. The molecule has 0 bridgehead atoms. The van der Waals surface area contributed by atoms with Crippen LogP contribution in [0.15, 0.2) is 68.4 Å². The summed E-state index contributed by atoms with van der Waals surface area (Å²) in [5, 5.41) is 0. The third-order valence-electron chi connectivity index (χ3n) is 4.43. The van der Waals surface area contributed by atoms with Crippen LogP contribution in [-0.2, 0) is 10.3 Å². The fraction of sp³-hybridized carbons (Fsp3) is 0.217. The molecule has 0 aliphatic carbocycles. The van der Waals surface area contributed by atoms with Gasteiger partial charge in [0.15, 0.2) is 0 Å². The van der Waals surface area contributed by atoms with Gasteiger partial charge in [0.25, 0.3) is 0 Å². The molecule has 30 heavy (non-hydrogen) atoms. The van der Waals surface area contributed by atoms with E-state index in [0.29, 0.717) is 17.2 Å². The molecule has 156 valence electrons. The predicted octanol–water partition coefficient (Wildman–Crippen LogP) is 5.48. The molecule has 6 nitrogen and oxygen atoms in total. The third-order valence-corrected chi connectivity index (χ3v) is 5.33. The van der Waals surface area contributed by atoms with Crippen molar-refractivity contribution in [1.29, 1.82) is 0 Å². The molecule has 0 amide bonds. The van der Waals surface area contributed by atoms with Gasteiger partial charge in [-0.1, -0.05) is 35.9 Å². The maximum Gasteiger partial charge on any atom is 0.428 e. The second-order valence-corrected chi connectivity index (χ2v) is 8.31. The summed E-state index contributed by atoms with van der Waals surface area (Å²) in [6.45, 7) is 9.50. The molecule has 2 aromatic carbocycles. The molecule has 0 aliphatic heterocycles. The number of hydrogen-bond acceptors (Lipinski definition) is 5. The number of aryl methyl sites for hydroxylation is 3. The van der Waals surface area contributed by atoms with Crippen LogP contribution in [0.3, 0.4) is 0 Å². The second kappa shape index (κ2) is 8.67. The predicted molar refractivity (Wildman–Crippen MR) is 119 cm³/mol. The van der Waals surface area contributed by atoms with Crippen LogP contribution in [0.5, 0.6) is 5.75 Å². The van der Waals surface area contributed by atoms with Crippen molar-refractivity contribution in [2.75, 3.05) is 0 Å². The van der Waals surface area contributed by atoms with Gasteiger partial charge in [0, 0.05) is 0 Å². The van der Waals surface area contributed by atoms with Crippen molar-refractivity contribution < 1.29 is 17.0 Å². The zero-order valence-electron chi connectivity index (χ0n) is 17.6. The molecule has 1 aromatic heterocycles. The molecule has 0 saturated heterocycles. The fourth-order valence-electron chi connectivity index (χ4n) is 3.13. The van der Waals surface area contributed by atoms with Crippen molar-refractivity contribution in [3.05, 3.63) is 82.8 Å². The van der Waals surface area contributed by atoms with Crippen LogP contribution in [-0.4, -0.2) is 19.8 Å². The quantitative estimate of drug-likeness (QED) is 0.491. The van der Waals surface area contributed by atoms with Crippen LogP contribution in [0.25, 0.3) is 0 Å². The average Bonchev–Trinajstić information content (AvgIpc) is 3.15. The summed E-state index contributed by atoms with van der Waals surface area (Å²) in [6.07, 6.45) is 0. The average molecular weight is 425 g/mol. The van der Waals surface area contributed by atoms with Crippen LogP contribution >= 0.6 is 0 Å². The van der Waals surface area contributed by atoms with E-state index in [-0.39, 0.29) is 11.5 Å². The Morgan fingerprint density at radius 3 is 2.03 bits per heavy atom. The van der Waals surface area contributed by atoms with Gasteiger partial charge >= 0.3 is 10.3 Å². The lowest BCUT2D eigenvalue weighted by molar-refractivity contribution is 0.487. The smallest absolute Gasteiger partial charge is 0.428 e. The summed E-state index contributed by atoms with van der Waals surface area (Å²) in [4.78, 5) is 4.71. The molecular weight excluding hydrogens is 400 g/mol. The summed E-state index contributed by atoms with van der Waals surface area (Å²) in [5.74, 6) is 1.07. The van der Waals surface area contributed by atoms with Crippen molar-refractivity contribution in [1.82, 2.24) is 0 Å². The van der Waals surface area contributed by atoms with E-state index in [1.54, 1.807) is 49.4 Å². The molecule has 3 rings (SSSR count). The monoisotopic (exact) mass is 424 g/mol. The van der Waals surface area contributed by atoms with Gasteiger partial charge < -0.3 is 8.60 Å². The minimum Gasteiger partial charge on any atom is -0.454 e. The molecule has 0 radical (unpaired) electrons. The molecule has 1 heterocycles. The van der Waals surface area contributed by atoms with E-state index in [1.165, 1.54) is 5.56 Å². The molecule has 7 heteroatoms. The number of rotatable bonds is 6. The summed E-state index contributed by atoms with van der Waals surface area (Å²) in [5.41, 5.74) is 5.13. The standard InChI is InChI=1S/C23H24N2O4S/c1-15-13-16(2)23(17(3)14-15)24-18(4)21-11-12-22(28-21)19(5)25-30(26,27)29-20-9-7-6-8-10-20/h6-14H,1-5H3/b24-18?,25-19+. The van der Waals surface area contributed by atoms with Crippen LogP contribution in [0.2, 0.25) is 0 Å². The maximum atomic E-state index is 12.2. The van der Waals surface area contributed by atoms with E-state index >= 15 is 0 Å². The molecule has 0 aliphatic rings. The van der Waals surface area contributed by atoms with Crippen molar-refractivity contribution >= 4 is 27.4 Å². The lowest BCUT2D eigenvalue weighted by atomic mass is 10.1. The fourth-order valence-corrected chi connectivity index (χ4v) is 3.94. The minimum absolute atomic E-state index is 0.188. The van der Waals surface area contributed by atoms with Crippen molar-refractivity contribution in [3.8, 4) is 5.75 Å². The first kappa shape index (κ1) is 21.5. The van der Waals surface area contributed by atoms with Crippen LogP contribution in [0.1, 0.15) is 42.1 Å². The Labute approximate surface area is 177 Å². The zero-order valence-corrected chi connectivity index (χ0v) is 18.4. The van der Waals surface area contributed by atoms with Crippen molar-refractivity contribution in [2.24, 2.45) is 9.39 Å². The number of aliphatic imine (C=N–C) groups is 1. The molecule has 0 unspecified atom stereocenters. The Hall–Kier alpha value is -3.19. The van der Waals surface area contributed by atoms with E-state index in [9.17, 15) is 8.42 Å². The summed E-state index contributed by atoms with van der Waals surface area (Å²) < 4.78 is 38.9. The minimum atomic E-state index is -4.16. The Morgan fingerprint density at radius 2 is 1.43 bits per heavy atom. The van der Waals surface area contributed by atoms with Crippen LogP contribution < -0.4 is 4.18 Å². The highest BCUT2D eigenvalue weighted by molar-refractivity contribution is 7.85. The Bertz CT molecular complexity index is 1200. The highest BCUT2D eigenvalue weighted by Gasteiger charge is 2.15. The first-order valence-corrected chi connectivity index (χ1v) is 10.8. The van der Waals surface area contributed by atoms with E-state index < -0.39 is 10.3 Å². The first-order chi connectivity index (χ1) is 14.1. The van der Waals surface area contributed by atoms with Gasteiger partial charge in [0.05, 0.1) is 17.1 Å². The van der Waals surface area contributed by atoms with Gasteiger partial charge in [-0.15, -0.1) is 4.40 Å². The van der Waals surface area contributed by atoms with E-state index in [1.807, 2.05) is 20.8 Å². The SMILES string of the molecule is CC(=Nc1c(C)cc(C)cc1C)c1ccc(/C(C)=N/S(=O)(=O)Oc2ccccc2)o1. The molecule has 0 fully saturated rings. The van der Waals surface area contributed by atoms with Crippen molar-refractivity contribution in [2.45, 2.75) is 34.6 Å². The van der Waals surface area contributed by atoms with Gasteiger partial charge in [0.2, 0.25) is 0 Å². The summed E-state index contributed by atoms with van der Waals surface area (Å²) in [6, 6.07) is 15.8. The summed E-state index contributed by atoms with van der Waals surface area (Å²) in [7, 11) is -4.16. The second-order valence-electron chi connectivity index (χ2n) is 7.11. The number of furan rings is 1. The lowest BCUT2D eigenvalue weighted by Gasteiger charge is -2.07. The number of para-hydroxylation sites is 1. The van der Waals surface area contributed by atoms with Gasteiger partial charge in [0.1, 0.15) is 17.3 Å². The number of nitrogens with zero attached hydrogens (tertiary/aromatic N) is 2. The van der Waals surface area contributed by atoms with E-state index in [4.69, 9.17) is 13.6 Å². The molecule has 0 atom stereocenters. The van der Waals surface area contributed by atoms with E-state index in [0.717, 1.165) is 16.8 Å². The maximum absolute atomic E-state index is 12.2. The molecular formula is C23H24N2O4S. The highest BCUT2D eigenvalue weighted by atomic mass is 32.2.